The lowest BCUT2D eigenvalue weighted by Gasteiger charge is -2.36. The maximum absolute atomic E-state index is 13.3. The molecule has 0 bridgehead atoms. The molecule has 2 atom stereocenters. The smallest absolute Gasteiger partial charge is 0.355 e. The van der Waals surface area contributed by atoms with Gasteiger partial charge in [-0.3, -0.25) is 29.5 Å². The molecule has 3 rings (SSSR count). The number of carbonyl (C=O) groups is 4. The highest BCUT2D eigenvalue weighted by Crippen LogP contribution is 2.41. The number of methoxy groups -OCH3 is 1. The number of hydrazone groups is 1. The number of halogens is 1. The minimum Gasteiger partial charge on any atom is -0.464 e. The molecule has 164 valence electrons. The number of benzene rings is 1. The minimum atomic E-state index is -1.28. The van der Waals surface area contributed by atoms with Crippen molar-refractivity contribution in [3.63, 3.8) is 0 Å². The van der Waals surface area contributed by atoms with Crippen LogP contribution in [0.25, 0.3) is 0 Å². The second-order valence-electron chi connectivity index (χ2n) is 7.84. The summed E-state index contributed by atoms with van der Waals surface area (Å²) < 4.78 is 4.72. The van der Waals surface area contributed by atoms with Crippen LogP contribution in [-0.4, -0.2) is 57.9 Å². The Kier molecular flexibility index (Phi) is 5.57. The van der Waals surface area contributed by atoms with Crippen molar-refractivity contribution in [1.82, 2.24) is 5.01 Å². The molecule has 12 heteroatoms. The van der Waals surface area contributed by atoms with Crippen LogP contribution in [0, 0.1) is 16.0 Å². The zero-order valence-corrected chi connectivity index (χ0v) is 17.9. The number of ether oxygens (including phenoxy) is 1. The van der Waals surface area contributed by atoms with Crippen LogP contribution in [0.5, 0.6) is 0 Å². The predicted octanol–water partition coefficient (Wildman–Crippen LogP) is 1.71. The number of amides is 2. The second-order valence-corrected chi connectivity index (χ2v) is 8.25. The summed E-state index contributed by atoms with van der Waals surface area (Å²) in [5.74, 6) is -3.85. The van der Waals surface area contributed by atoms with E-state index < -0.39 is 45.9 Å². The van der Waals surface area contributed by atoms with Gasteiger partial charge in [-0.15, -0.1) is 0 Å². The molecule has 2 amide bonds. The van der Waals surface area contributed by atoms with Crippen LogP contribution < -0.4 is 4.90 Å². The Morgan fingerprint density at radius 2 is 1.94 bits per heavy atom. The topological polar surface area (TPSA) is 139 Å². The molecule has 2 unspecified atom stereocenters. The van der Waals surface area contributed by atoms with Crippen molar-refractivity contribution in [3.05, 3.63) is 33.3 Å². The number of carbonyl (C=O) groups excluding carboxylic acids is 4. The first-order valence-electron chi connectivity index (χ1n) is 9.18. The van der Waals surface area contributed by atoms with Crippen LogP contribution in [0.1, 0.15) is 27.2 Å². The number of nitrogens with zero attached hydrogens (tertiary/aromatic N) is 4. The van der Waals surface area contributed by atoms with Gasteiger partial charge in [-0.25, -0.2) is 9.69 Å². The Morgan fingerprint density at radius 1 is 1.29 bits per heavy atom. The van der Waals surface area contributed by atoms with Crippen molar-refractivity contribution >= 4 is 52.3 Å². The van der Waals surface area contributed by atoms with Gasteiger partial charge in [0, 0.05) is 12.5 Å². The van der Waals surface area contributed by atoms with Gasteiger partial charge in [0.25, 0.3) is 11.6 Å². The zero-order chi connectivity index (χ0) is 23.2. The van der Waals surface area contributed by atoms with Crippen LogP contribution in [0.4, 0.5) is 11.4 Å². The van der Waals surface area contributed by atoms with Crippen LogP contribution in [0.2, 0.25) is 5.02 Å². The fourth-order valence-corrected chi connectivity index (χ4v) is 4.11. The van der Waals surface area contributed by atoms with E-state index in [0.29, 0.717) is 0 Å². The van der Waals surface area contributed by atoms with E-state index in [-0.39, 0.29) is 28.6 Å². The number of rotatable bonds is 6. The quantitative estimate of drug-likeness (QED) is 0.276. The number of hydrogen-bond donors (Lipinski definition) is 0. The lowest BCUT2D eigenvalue weighted by atomic mass is 9.92. The van der Waals surface area contributed by atoms with E-state index >= 15 is 0 Å². The van der Waals surface area contributed by atoms with Gasteiger partial charge < -0.3 is 4.74 Å². The molecule has 2 heterocycles. The van der Waals surface area contributed by atoms with Gasteiger partial charge in [0.15, 0.2) is 5.71 Å². The molecule has 0 saturated carbocycles. The molecule has 31 heavy (non-hydrogen) atoms. The van der Waals surface area contributed by atoms with E-state index in [9.17, 15) is 29.3 Å². The van der Waals surface area contributed by atoms with Gasteiger partial charge in [0.05, 0.1) is 23.3 Å². The third-order valence-corrected chi connectivity index (χ3v) is 5.45. The normalized spacial score (nSPS) is 20.6. The van der Waals surface area contributed by atoms with E-state index in [1.165, 1.54) is 24.1 Å². The number of anilines is 1. The first-order valence-corrected chi connectivity index (χ1v) is 9.56. The molecule has 1 aromatic rings. The third kappa shape index (κ3) is 3.65. The van der Waals surface area contributed by atoms with E-state index in [2.05, 4.69) is 5.10 Å². The number of fused-ring (bicyclic) bond motifs is 1. The van der Waals surface area contributed by atoms with Gasteiger partial charge in [-0.2, -0.15) is 5.10 Å². The fourth-order valence-electron chi connectivity index (χ4n) is 3.92. The molecule has 1 aromatic carbocycles. The summed E-state index contributed by atoms with van der Waals surface area (Å²) in [5, 5.41) is 16.5. The molecule has 11 nitrogen and oxygen atoms in total. The number of Topliss-reactive ketones (excluding diaryl/α,β-unsaturated/α-hetero) is 1. The summed E-state index contributed by atoms with van der Waals surface area (Å²) >= 11 is 5.83. The number of nitro benzene ring substituents is 1. The summed E-state index contributed by atoms with van der Waals surface area (Å²) in [6.07, 6.45) is 0.00204. The van der Waals surface area contributed by atoms with Gasteiger partial charge >= 0.3 is 5.97 Å². The number of nitro groups is 1. The molecule has 0 aromatic heterocycles. The number of imide groups is 1. The summed E-state index contributed by atoms with van der Waals surface area (Å²) in [6, 6.07) is 2.31. The largest absolute Gasteiger partial charge is 0.464 e. The summed E-state index contributed by atoms with van der Waals surface area (Å²) in [6.45, 7) is 4.69. The van der Waals surface area contributed by atoms with Crippen molar-refractivity contribution in [3.8, 4) is 0 Å². The zero-order valence-electron chi connectivity index (χ0n) is 17.1. The van der Waals surface area contributed by atoms with Crippen LogP contribution in [0.3, 0.4) is 0 Å². The molecule has 1 saturated heterocycles. The van der Waals surface area contributed by atoms with Gasteiger partial charge in [0.1, 0.15) is 22.8 Å². The Morgan fingerprint density at radius 3 is 2.48 bits per heavy atom. The van der Waals surface area contributed by atoms with Crippen LogP contribution in [-0.2, 0) is 23.9 Å². The van der Waals surface area contributed by atoms with Gasteiger partial charge in [-0.1, -0.05) is 11.6 Å². The van der Waals surface area contributed by atoms with Crippen molar-refractivity contribution in [2.45, 2.75) is 38.8 Å². The average Bonchev–Trinajstić information content (AvgIpc) is 3.19. The van der Waals surface area contributed by atoms with Crippen molar-refractivity contribution in [1.29, 1.82) is 0 Å². The Hall–Kier alpha value is -3.34. The van der Waals surface area contributed by atoms with Crippen molar-refractivity contribution in [2.24, 2.45) is 11.0 Å². The second kappa shape index (κ2) is 7.73. The minimum absolute atomic E-state index is 0.00204. The first kappa shape index (κ1) is 22.3. The molecule has 1 fully saturated rings. The SMILES string of the molecule is COC(=O)C1=NN(C(C)(C)CC(C)=O)C2C(=O)N(c3ccc(Cl)c([N+](=O)[O-])c3)C(=O)C12. The summed E-state index contributed by atoms with van der Waals surface area (Å²) in [5.41, 5.74) is -1.81. The average molecular weight is 451 g/mol. The molecule has 2 aliphatic heterocycles. The van der Waals surface area contributed by atoms with Crippen LogP contribution in [0.15, 0.2) is 23.3 Å². The lowest BCUT2D eigenvalue weighted by molar-refractivity contribution is -0.384. The molecular formula is C19H19ClN4O7. The molecule has 0 N–H and O–H groups in total. The Bertz CT molecular complexity index is 1050. The standard InChI is InChI=1S/C19H19ClN4O7/c1-9(25)8-19(2,3)23-15-13(14(21-23)18(28)31-4)16(26)22(17(15)27)10-5-6-11(20)12(7-10)24(29)30/h5-7,13,15H,8H2,1-4H3. The van der Waals surface area contributed by atoms with Gasteiger partial charge in [0.2, 0.25) is 5.91 Å². The van der Waals surface area contributed by atoms with Crippen LogP contribution >= 0.6 is 11.6 Å². The van der Waals surface area contributed by atoms with E-state index in [4.69, 9.17) is 16.3 Å². The highest BCUT2D eigenvalue weighted by molar-refractivity contribution is 6.46. The maximum Gasteiger partial charge on any atom is 0.355 e. The monoisotopic (exact) mass is 450 g/mol. The molecule has 2 aliphatic rings. The molecule has 0 aliphatic carbocycles. The lowest BCUT2D eigenvalue weighted by Crippen LogP contribution is -2.50. The van der Waals surface area contributed by atoms with E-state index in [1.807, 2.05) is 0 Å². The van der Waals surface area contributed by atoms with E-state index in [1.54, 1.807) is 13.8 Å². The first-order chi connectivity index (χ1) is 14.4. The number of esters is 1. The Balaban J connectivity index is 2.11. The Labute approximate surface area is 181 Å². The van der Waals surface area contributed by atoms with Crippen molar-refractivity contribution < 1.29 is 28.8 Å². The number of hydrogen-bond acceptors (Lipinski definition) is 9. The maximum atomic E-state index is 13.3. The summed E-state index contributed by atoms with van der Waals surface area (Å²) in [4.78, 5) is 61.8. The predicted molar refractivity (Wildman–Crippen MR) is 109 cm³/mol. The fraction of sp³-hybridized carbons (Fsp3) is 0.421. The van der Waals surface area contributed by atoms with Gasteiger partial charge in [-0.05, 0) is 32.9 Å². The summed E-state index contributed by atoms with van der Waals surface area (Å²) in [7, 11) is 1.12. The number of ketones is 1. The molecule has 0 radical (unpaired) electrons. The molecule has 0 spiro atoms. The van der Waals surface area contributed by atoms with E-state index in [0.717, 1.165) is 18.1 Å². The third-order valence-electron chi connectivity index (χ3n) is 5.13. The highest BCUT2D eigenvalue weighted by Gasteiger charge is 2.61. The molecular weight excluding hydrogens is 432 g/mol. The van der Waals surface area contributed by atoms with Crippen molar-refractivity contribution in [2.75, 3.05) is 12.0 Å². The highest BCUT2D eigenvalue weighted by atomic mass is 35.5.